The van der Waals surface area contributed by atoms with Gasteiger partial charge in [0.05, 0.1) is 23.6 Å². The first-order valence-corrected chi connectivity index (χ1v) is 11.1. The Balaban J connectivity index is 1.60. The standard InChI is InChI=1S/C22H26ClN5O6/c1-22(20(31)25-17(13-5-4-6-24-13)18(30)26-21(32)33-3)10-34-19(27-22)12-9-28(2)14-7-11(23)8-15(29)16(12)14/h7-9,13,17,24,29H,4-6,10H2,1-3H3,(H,25,31)(H,26,30,32)/t13-,17+,22+/m1/s1. The van der Waals surface area contributed by atoms with Crippen molar-refractivity contribution in [3.63, 3.8) is 0 Å². The molecule has 2 aromatic rings. The average Bonchev–Trinajstić information content (AvgIpc) is 3.52. The number of halogens is 1. The number of alkyl carbamates (subject to hydrolysis) is 1. The molecule has 0 bridgehead atoms. The summed E-state index contributed by atoms with van der Waals surface area (Å²) in [7, 11) is 2.94. The number of aromatic hydroxyl groups is 1. The van der Waals surface area contributed by atoms with Crippen molar-refractivity contribution in [1.82, 2.24) is 20.5 Å². The number of ether oxygens (including phenoxy) is 2. The van der Waals surface area contributed by atoms with Crippen LogP contribution in [0.3, 0.4) is 0 Å². The van der Waals surface area contributed by atoms with Crippen LogP contribution >= 0.6 is 11.6 Å². The molecule has 0 radical (unpaired) electrons. The Bertz CT molecular complexity index is 1190. The Labute approximate surface area is 200 Å². The number of rotatable bonds is 5. The normalized spacial score (nSPS) is 22.7. The first kappa shape index (κ1) is 23.8. The molecular weight excluding hydrogens is 466 g/mol. The van der Waals surface area contributed by atoms with Gasteiger partial charge in [-0.2, -0.15) is 0 Å². The lowest BCUT2D eigenvalue weighted by Crippen LogP contribution is -2.60. The van der Waals surface area contributed by atoms with Gasteiger partial charge < -0.3 is 29.8 Å². The number of phenols is 1. The molecule has 3 atom stereocenters. The molecule has 2 aliphatic rings. The number of carbonyl (C=O) groups is 3. The van der Waals surface area contributed by atoms with Gasteiger partial charge in [-0.05, 0) is 38.4 Å². The van der Waals surface area contributed by atoms with E-state index < -0.39 is 29.5 Å². The average molecular weight is 492 g/mol. The van der Waals surface area contributed by atoms with Gasteiger partial charge in [0.25, 0.3) is 11.8 Å². The van der Waals surface area contributed by atoms with Crippen molar-refractivity contribution < 1.29 is 29.0 Å². The minimum absolute atomic E-state index is 0.0330. The molecule has 1 saturated heterocycles. The van der Waals surface area contributed by atoms with Gasteiger partial charge in [-0.15, -0.1) is 0 Å². The molecule has 0 spiro atoms. The second-order valence-corrected chi connectivity index (χ2v) is 9.02. The van der Waals surface area contributed by atoms with Crippen molar-refractivity contribution in [2.24, 2.45) is 12.0 Å². The maximum atomic E-state index is 13.3. The van der Waals surface area contributed by atoms with E-state index in [0.717, 1.165) is 13.5 Å². The minimum atomic E-state index is -1.33. The van der Waals surface area contributed by atoms with E-state index >= 15 is 0 Å². The monoisotopic (exact) mass is 491 g/mol. The van der Waals surface area contributed by atoms with E-state index in [1.54, 1.807) is 30.8 Å². The smallest absolute Gasteiger partial charge is 0.413 e. The lowest BCUT2D eigenvalue weighted by molar-refractivity contribution is -0.132. The van der Waals surface area contributed by atoms with Gasteiger partial charge in [-0.3, -0.25) is 14.9 Å². The van der Waals surface area contributed by atoms with E-state index in [1.165, 1.54) is 6.07 Å². The van der Waals surface area contributed by atoms with Crippen LogP contribution in [0.1, 0.15) is 25.3 Å². The van der Waals surface area contributed by atoms with Crippen molar-refractivity contribution in [2.75, 3.05) is 20.3 Å². The molecule has 12 heteroatoms. The van der Waals surface area contributed by atoms with Crippen LogP contribution in [0.4, 0.5) is 4.79 Å². The molecule has 1 aromatic carbocycles. The van der Waals surface area contributed by atoms with E-state index in [2.05, 4.69) is 25.7 Å². The van der Waals surface area contributed by atoms with Gasteiger partial charge >= 0.3 is 6.09 Å². The van der Waals surface area contributed by atoms with Gasteiger partial charge in [0, 0.05) is 24.3 Å². The zero-order valence-electron chi connectivity index (χ0n) is 19.0. The maximum absolute atomic E-state index is 13.3. The second-order valence-electron chi connectivity index (χ2n) is 8.59. The number of nitrogens with one attached hydrogen (secondary N) is 3. The number of phenolic OH excluding ortho intramolecular Hbond substituents is 1. The number of imide groups is 1. The number of fused-ring (bicyclic) bond motifs is 1. The molecule has 3 amide bonds. The van der Waals surface area contributed by atoms with E-state index in [-0.39, 0.29) is 24.3 Å². The number of amides is 3. The first-order chi connectivity index (χ1) is 16.1. The topological polar surface area (TPSA) is 143 Å². The number of hydrogen-bond donors (Lipinski definition) is 4. The summed E-state index contributed by atoms with van der Waals surface area (Å²) in [5, 5.41) is 19.4. The van der Waals surface area contributed by atoms with Crippen LogP contribution in [-0.2, 0) is 26.1 Å². The molecule has 34 heavy (non-hydrogen) atoms. The van der Waals surface area contributed by atoms with Gasteiger partial charge in [-0.1, -0.05) is 11.6 Å². The fraction of sp³-hybridized carbons (Fsp3) is 0.455. The van der Waals surface area contributed by atoms with Crippen molar-refractivity contribution in [1.29, 1.82) is 0 Å². The molecule has 0 saturated carbocycles. The molecular formula is C22H26ClN5O6. The quantitative estimate of drug-likeness (QED) is 0.492. The van der Waals surface area contributed by atoms with Crippen molar-refractivity contribution in [3.05, 3.63) is 28.9 Å². The van der Waals surface area contributed by atoms with Gasteiger partial charge in [0.15, 0.2) is 5.54 Å². The predicted molar refractivity (Wildman–Crippen MR) is 124 cm³/mol. The number of methoxy groups -OCH3 is 1. The summed E-state index contributed by atoms with van der Waals surface area (Å²) in [6, 6.07) is 1.78. The number of aliphatic imine (C=N–C) groups is 1. The lowest BCUT2D eigenvalue weighted by atomic mass is 10.0. The number of carbonyl (C=O) groups excluding carboxylic acids is 3. The van der Waals surface area contributed by atoms with Crippen LogP contribution in [0.25, 0.3) is 10.9 Å². The Morgan fingerprint density at radius 2 is 2.18 bits per heavy atom. The number of nitrogens with zero attached hydrogens (tertiary/aromatic N) is 2. The Morgan fingerprint density at radius 1 is 1.41 bits per heavy atom. The van der Waals surface area contributed by atoms with E-state index in [4.69, 9.17) is 16.3 Å². The number of aryl methyl sites for hydroxylation is 1. The lowest BCUT2D eigenvalue weighted by Gasteiger charge is -2.27. The third-order valence-corrected chi connectivity index (χ3v) is 6.29. The van der Waals surface area contributed by atoms with Gasteiger partial charge in [0.2, 0.25) is 5.90 Å². The molecule has 1 aromatic heterocycles. The molecule has 0 unspecified atom stereocenters. The third-order valence-electron chi connectivity index (χ3n) is 6.07. The summed E-state index contributed by atoms with van der Waals surface area (Å²) in [5.74, 6) is -1.05. The summed E-state index contributed by atoms with van der Waals surface area (Å²) >= 11 is 6.07. The number of benzene rings is 1. The van der Waals surface area contributed by atoms with Crippen LogP contribution in [0, 0.1) is 0 Å². The highest BCUT2D eigenvalue weighted by Gasteiger charge is 2.43. The van der Waals surface area contributed by atoms with Crippen molar-refractivity contribution >= 4 is 46.3 Å². The third kappa shape index (κ3) is 4.40. The Hall–Kier alpha value is -3.31. The van der Waals surface area contributed by atoms with E-state index in [1.807, 2.05) is 0 Å². The molecule has 2 aliphatic heterocycles. The highest BCUT2D eigenvalue weighted by atomic mass is 35.5. The molecule has 11 nitrogen and oxygen atoms in total. The highest BCUT2D eigenvalue weighted by Crippen LogP contribution is 2.35. The summed E-state index contributed by atoms with van der Waals surface area (Å²) in [4.78, 5) is 42.0. The molecule has 182 valence electrons. The SMILES string of the molecule is COC(=O)NC(=O)[C@@H](NC(=O)[C@]1(C)COC(c2cn(C)c3cc(Cl)cc(O)c23)=N1)[C@H]1CCCN1. The van der Waals surface area contributed by atoms with Crippen LogP contribution in [-0.4, -0.2) is 71.4 Å². The Kier molecular flexibility index (Phi) is 6.41. The van der Waals surface area contributed by atoms with Crippen LogP contribution in [0.2, 0.25) is 5.02 Å². The summed E-state index contributed by atoms with van der Waals surface area (Å²) in [5.41, 5.74) is -0.140. The molecule has 4 N–H and O–H groups in total. The number of hydrogen-bond acceptors (Lipinski definition) is 8. The predicted octanol–water partition coefficient (Wildman–Crippen LogP) is 1.19. The molecule has 3 heterocycles. The number of aromatic nitrogens is 1. The zero-order valence-corrected chi connectivity index (χ0v) is 19.7. The summed E-state index contributed by atoms with van der Waals surface area (Å²) in [6.45, 7) is 2.22. The van der Waals surface area contributed by atoms with Gasteiger partial charge in [-0.25, -0.2) is 9.79 Å². The van der Waals surface area contributed by atoms with Crippen LogP contribution in [0.5, 0.6) is 5.75 Å². The maximum Gasteiger partial charge on any atom is 0.413 e. The first-order valence-electron chi connectivity index (χ1n) is 10.8. The second kappa shape index (κ2) is 9.15. The fourth-order valence-corrected chi connectivity index (χ4v) is 4.45. The largest absolute Gasteiger partial charge is 0.507 e. The zero-order chi connectivity index (χ0) is 24.6. The van der Waals surface area contributed by atoms with E-state index in [9.17, 15) is 19.5 Å². The minimum Gasteiger partial charge on any atom is -0.507 e. The van der Waals surface area contributed by atoms with Crippen LogP contribution in [0.15, 0.2) is 23.3 Å². The fourth-order valence-electron chi connectivity index (χ4n) is 4.25. The van der Waals surface area contributed by atoms with E-state index in [0.29, 0.717) is 34.5 Å². The highest BCUT2D eigenvalue weighted by molar-refractivity contribution is 6.31. The van der Waals surface area contributed by atoms with Crippen LogP contribution < -0.4 is 16.0 Å². The van der Waals surface area contributed by atoms with Crippen molar-refractivity contribution in [2.45, 2.75) is 37.4 Å². The molecule has 1 fully saturated rings. The van der Waals surface area contributed by atoms with Crippen molar-refractivity contribution in [3.8, 4) is 5.75 Å². The summed E-state index contributed by atoms with van der Waals surface area (Å²) < 4.78 is 12.0. The van der Waals surface area contributed by atoms with Gasteiger partial charge in [0.1, 0.15) is 18.4 Å². The summed E-state index contributed by atoms with van der Waals surface area (Å²) in [6.07, 6.45) is 2.31. The molecule has 4 rings (SSSR count). The molecule has 0 aliphatic carbocycles. The Morgan fingerprint density at radius 3 is 2.85 bits per heavy atom.